The lowest BCUT2D eigenvalue weighted by atomic mass is 10.1. The van der Waals surface area contributed by atoms with Crippen LogP contribution in [0.15, 0.2) is 47.0 Å². The lowest BCUT2D eigenvalue weighted by molar-refractivity contribution is 0.0942. The van der Waals surface area contributed by atoms with Crippen LogP contribution in [0, 0.1) is 0 Å². The van der Waals surface area contributed by atoms with E-state index in [2.05, 4.69) is 15.5 Å². The van der Waals surface area contributed by atoms with E-state index in [1.54, 1.807) is 42.5 Å². The SMILES string of the molecule is COc1cccc(C(=O)NCc2nc(-c3ccc(Cl)cc3)no2)c1OC. The van der Waals surface area contributed by atoms with Crippen molar-refractivity contribution in [2.24, 2.45) is 0 Å². The number of hydrogen-bond acceptors (Lipinski definition) is 6. The highest BCUT2D eigenvalue weighted by molar-refractivity contribution is 6.30. The van der Waals surface area contributed by atoms with Gasteiger partial charge in [0, 0.05) is 10.6 Å². The Morgan fingerprint density at radius 3 is 2.62 bits per heavy atom. The molecule has 1 aromatic heterocycles. The molecule has 1 heterocycles. The third kappa shape index (κ3) is 3.78. The average molecular weight is 374 g/mol. The molecular formula is C18H16ClN3O4. The number of carbonyl (C=O) groups is 1. The van der Waals surface area contributed by atoms with Crippen LogP contribution in [0.25, 0.3) is 11.4 Å². The molecule has 0 atom stereocenters. The minimum absolute atomic E-state index is 0.0831. The van der Waals surface area contributed by atoms with Gasteiger partial charge in [0.2, 0.25) is 11.7 Å². The van der Waals surface area contributed by atoms with Crippen LogP contribution in [0.5, 0.6) is 11.5 Å². The highest BCUT2D eigenvalue weighted by atomic mass is 35.5. The molecule has 134 valence electrons. The number of amides is 1. The first-order valence-electron chi connectivity index (χ1n) is 7.70. The van der Waals surface area contributed by atoms with Crippen LogP contribution in [0.1, 0.15) is 16.2 Å². The molecule has 0 aliphatic carbocycles. The van der Waals surface area contributed by atoms with Gasteiger partial charge in [-0.05, 0) is 36.4 Å². The molecule has 8 heteroatoms. The van der Waals surface area contributed by atoms with Crippen molar-refractivity contribution in [3.8, 4) is 22.9 Å². The van der Waals surface area contributed by atoms with Gasteiger partial charge in [-0.2, -0.15) is 4.98 Å². The largest absolute Gasteiger partial charge is 0.493 e. The maximum Gasteiger partial charge on any atom is 0.255 e. The van der Waals surface area contributed by atoms with Gasteiger partial charge in [0.1, 0.15) is 0 Å². The number of carbonyl (C=O) groups excluding carboxylic acids is 1. The van der Waals surface area contributed by atoms with Crippen molar-refractivity contribution < 1.29 is 18.8 Å². The molecule has 0 unspecified atom stereocenters. The molecule has 1 amide bonds. The minimum Gasteiger partial charge on any atom is -0.493 e. The maximum atomic E-state index is 12.4. The quantitative estimate of drug-likeness (QED) is 0.713. The number of halogens is 1. The van der Waals surface area contributed by atoms with Gasteiger partial charge in [0.25, 0.3) is 5.91 Å². The van der Waals surface area contributed by atoms with E-state index in [9.17, 15) is 4.79 Å². The second-order valence-electron chi connectivity index (χ2n) is 5.24. The van der Waals surface area contributed by atoms with Gasteiger partial charge >= 0.3 is 0 Å². The summed E-state index contributed by atoms with van der Waals surface area (Å²) < 4.78 is 15.6. The van der Waals surface area contributed by atoms with Gasteiger partial charge in [0.15, 0.2) is 11.5 Å². The fraction of sp³-hybridized carbons (Fsp3) is 0.167. The summed E-state index contributed by atoms with van der Waals surface area (Å²) in [6, 6.07) is 12.1. The summed E-state index contributed by atoms with van der Waals surface area (Å²) >= 11 is 5.86. The van der Waals surface area contributed by atoms with Gasteiger partial charge in [-0.1, -0.05) is 22.8 Å². The molecule has 0 aliphatic heterocycles. The van der Waals surface area contributed by atoms with Crippen LogP contribution in [-0.2, 0) is 6.54 Å². The molecule has 0 aliphatic rings. The standard InChI is InChI=1S/C18H16ClN3O4/c1-24-14-5-3-4-13(16(14)25-2)18(23)20-10-15-21-17(22-26-15)11-6-8-12(19)9-7-11/h3-9H,10H2,1-2H3,(H,20,23). The van der Waals surface area contributed by atoms with Gasteiger partial charge in [-0.25, -0.2) is 0 Å². The smallest absolute Gasteiger partial charge is 0.255 e. The minimum atomic E-state index is -0.341. The van der Waals surface area contributed by atoms with Crippen LogP contribution >= 0.6 is 11.6 Å². The van der Waals surface area contributed by atoms with Crippen LogP contribution in [-0.4, -0.2) is 30.3 Å². The summed E-state index contributed by atoms with van der Waals surface area (Å²) in [7, 11) is 2.99. The molecule has 3 rings (SSSR count). The van der Waals surface area contributed by atoms with Gasteiger partial charge < -0.3 is 19.3 Å². The van der Waals surface area contributed by atoms with Crippen molar-refractivity contribution in [3.05, 3.63) is 58.9 Å². The summed E-state index contributed by atoms with van der Waals surface area (Å²) in [5, 5.41) is 7.25. The molecule has 0 saturated carbocycles. The van der Waals surface area contributed by atoms with Crippen molar-refractivity contribution in [2.75, 3.05) is 14.2 Å². The van der Waals surface area contributed by atoms with Gasteiger partial charge in [0.05, 0.1) is 26.3 Å². The number of ether oxygens (including phenoxy) is 2. The van der Waals surface area contributed by atoms with Crippen molar-refractivity contribution in [2.45, 2.75) is 6.54 Å². The molecule has 7 nitrogen and oxygen atoms in total. The summed E-state index contributed by atoms with van der Waals surface area (Å²) in [6.45, 7) is 0.0831. The Morgan fingerprint density at radius 2 is 1.92 bits per heavy atom. The number of hydrogen-bond donors (Lipinski definition) is 1. The summed E-state index contributed by atoms with van der Waals surface area (Å²) in [6.07, 6.45) is 0. The van der Waals surface area contributed by atoms with Crippen LogP contribution in [0.4, 0.5) is 0 Å². The summed E-state index contributed by atoms with van der Waals surface area (Å²) in [5.41, 5.74) is 1.12. The molecule has 26 heavy (non-hydrogen) atoms. The summed E-state index contributed by atoms with van der Waals surface area (Å²) in [5.74, 6) is 1.20. The monoisotopic (exact) mass is 373 g/mol. The molecule has 1 N–H and O–H groups in total. The number of benzene rings is 2. The van der Waals surface area contributed by atoms with E-state index in [4.69, 9.17) is 25.6 Å². The van der Waals surface area contributed by atoms with Crippen molar-refractivity contribution in [3.63, 3.8) is 0 Å². The molecular weight excluding hydrogens is 358 g/mol. The first-order valence-corrected chi connectivity index (χ1v) is 8.08. The second-order valence-corrected chi connectivity index (χ2v) is 5.68. The number of nitrogens with one attached hydrogen (secondary N) is 1. The molecule has 3 aromatic rings. The highest BCUT2D eigenvalue weighted by Gasteiger charge is 2.17. The normalized spacial score (nSPS) is 10.4. The first-order chi connectivity index (χ1) is 12.6. The van der Waals surface area contributed by atoms with Crippen LogP contribution in [0.2, 0.25) is 5.02 Å². The van der Waals surface area contributed by atoms with E-state index in [1.165, 1.54) is 14.2 Å². The number of para-hydroxylation sites is 1. The van der Waals surface area contributed by atoms with Crippen molar-refractivity contribution >= 4 is 17.5 Å². The first kappa shape index (κ1) is 17.8. The number of nitrogens with zero attached hydrogens (tertiary/aromatic N) is 2. The fourth-order valence-corrected chi connectivity index (χ4v) is 2.49. The topological polar surface area (TPSA) is 86.5 Å². The third-order valence-corrected chi connectivity index (χ3v) is 3.87. The Labute approximate surface area is 154 Å². The Morgan fingerprint density at radius 1 is 1.15 bits per heavy atom. The van der Waals surface area contributed by atoms with E-state index in [1.807, 2.05) is 0 Å². The Hall–Kier alpha value is -3.06. The molecule has 0 spiro atoms. The van der Waals surface area contributed by atoms with Crippen molar-refractivity contribution in [1.82, 2.24) is 15.5 Å². The average Bonchev–Trinajstić information content (AvgIpc) is 3.14. The molecule has 0 fully saturated rings. The van der Waals surface area contributed by atoms with E-state index in [0.717, 1.165) is 5.56 Å². The predicted octanol–water partition coefficient (Wildman–Crippen LogP) is 3.34. The molecule has 0 radical (unpaired) electrons. The van der Waals surface area contributed by atoms with Gasteiger partial charge in [-0.3, -0.25) is 4.79 Å². The number of rotatable bonds is 6. The third-order valence-electron chi connectivity index (χ3n) is 3.62. The zero-order valence-electron chi connectivity index (χ0n) is 14.2. The van der Waals surface area contributed by atoms with E-state index in [-0.39, 0.29) is 18.3 Å². The molecule has 0 saturated heterocycles. The number of aromatic nitrogens is 2. The lowest BCUT2D eigenvalue weighted by Crippen LogP contribution is -2.23. The lowest BCUT2D eigenvalue weighted by Gasteiger charge is -2.11. The van der Waals surface area contributed by atoms with E-state index >= 15 is 0 Å². The van der Waals surface area contributed by atoms with Crippen molar-refractivity contribution in [1.29, 1.82) is 0 Å². The Bertz CT molecular complexity index is 909. The van der Waals surface area contributed by atoms with Crippen LogP contribution < -0.4 is 14.8 Å². The zero-order valence-corrected chi connectivity index (χ0v) is 14.9. The zero-order chi connectivity index (χ0) is 18.5. The Kier molecular flexibility index (Phi) is 5.38. The maximum absolute atomic E-state index is 12.4. The Balaban J connectivity index is 1.70. The van der Waals surface area contributed by atoms with E-state index < -0.39 is 0 Å². The number of methoxy groups -OCH3 is 2. The predicted molar refractivity (Wildman–Crippen MR) is 95.5 cm³/mol. The van der Waals surface area contributed by atoms with Crippen LogP contribution in [0.3, 0.4) is 0 Å². The second kappa shape index (κ2) is 7.88. The van der Waals surface area contributed by atoms with Gasteiger partial charge in [-0.15, -0.1) is 0 Å². The van der Waals surface area contributed by atoms with E-state index in [0.29, 0.717) is 27.9 Å². The molecule has 2 aromatic carbocycles. The highest BCUT2D eigenvalue weighted by Crippen LogP contribution is 2.30. The fourth-order valence-electron chi connectivity index (χ4n) is 2.36. The summed E-state index contributed by atoms with van der Waals surface area (Å²) in [4.78, 5) is 16.7. The molecule has 0 bridgehead atoms.